The largest absolute Gasteiger partial charge is 0.393 e. The quantitative estimate of drug-likeness (QED) is 0.724. The van der Waals surface area contributed by atoms with Gasteiger partial charge in [0.2, 0.25) is 5.91 Å². The molecule has 1 aliphatic heterocycles. The van der Waals surface area contributed by atoms with Crippen molar-refractivity contribution >= 4 is 5.91 Å². The van der Waals surface area contributed by atoms with Gasteiger partial charge >= 0.3 is 0 Å². The number of aliphatic hydroxyl groups excluding tert-OH is 1. The fourth-order valence-corrected chi connectivity index (χ4v) is 2.11. The van der Waals surface area contributed by atoms with E-state index >= 15 is 0 Å². The standard InChI is InChI=1S/C12H24N2O2/c1-9(2)13-12(16)5-7-14-6-4-11(8-14)10(3)15/h9-11,15H,4-8H2,1-3H3,(H,13,16). The highest BCUT2D eigenvalue weighted by Gasteiger charge is 2.25. The molecule has 1 saturated heterocycles. The summed E-state index contributed by atoms with van der Waals surface area (Å²) in [6.45, 7) is 8.52. The lowest BCUT2D eigenvalue weighted by atomic mass is 10.0. The van der Waals surface area contributed by atoms with Gasteiger partial charge < -0.3 is 15.3 Å². The Balaban J connectivity index is 2.17. The van der Waals surface area contributed by atoms with Gasteiger partial charge in [0.1, 0.15) is 0 Å². The molecule has 1 aliphatic rings. The van der Waals surface area contributed by atoms with Crippen molar-refractivity contribution in [2.75, 3.05) is 19.6 Å². The Bertz CT molecular complexity index is 229. The van der Waals surface area contributed by atoms with E-state index in [0.29, 0.717) is 12.3 Å². The molecule has 0 aliphatic carbocycles. The normalized spacial score (nSPS) is 23.7. The third kappa shape index (κ3) is 4.49. The average molecular weight is 228 g/mol. The summed E-state index contributed by atoms with van der Waals surface area (Å²) in [5.41, 5.74) is 0. The predicted octanol–water partition coefficient (Wildman–Crippen LogP) is 0.604. The Morgan fingerprint density at radius 2 is 2.19 bits per heavy atom. The van der Waals surface area contributed by atoms with Gasteiger partial charge in [0, 0.05) is 25.6 Å². The van der Waals surface area contributed by atoms with Crippen molar-refractivity contribution in [2.24, 2.45) is 5.92 Å². The van der Waals surface area contributed by atoms with E-state index in [1.54, 1.807) is 0 Å². The van der Waals surface area contributed by atoms with Crippen molar-refractivity contribution in [3.63, 3.8) is 0 Å². The SMILES string of the molecule is CC(C)NC(=O)CCN1CCC(C(C)O)C1. The zero-order chi connectivity index (χ0) is 12.1. The van der Waals surface area contributed by atoms with Crippen LogP contribution in [0, 0.1) is 5.92 Å². The van der Waals surface area contributed by atoms with Crippen molar-refractivity contribution in [1.82, 2.24) is 10.2 Å². The fourth-order valence-electron chi connectivity index (χ4n) is 2.11. The van der Waals surface area contributed by atoms with Crippen LogP contribution in [0.4, 0.5) is 0 Å². The summed E-state index contributed by atoms with van der Waals surface area (Å²) in [5, 5.41) is 12.3. The highest BCUT2D eigenvalue weighted by molar-refractivity contribution is 5.76. The van der Waals surface area contributed by atoms with Crippen LogP contribution in [0.5, 0.6) is 0 Å². The molecule has 0 spiro atoms. The van der Waals surface area contributed by atoms with Crippen molar-refractivity contribution in [2.45, 2.75) is 45.8 Å². The number of hydrogen-bond donors (Lipinski definition) is 2. The summed E-state index contributed by atoms with van der Waals surface area (Å²) in [5.74, 6) is 0.503. The monoisotopic (exact) mass is 228 g/mol. The lowest BCUT2D eigenvalue weighted by Crippen LogP contribution is -2.34. The minimum absolute atomic E-state index is 0.121. The molecule has 0 saturated carbocycles. The number of likely N-dealkylation sites (tertiary alicyclic amines) is 1. The number of amides is 1. The molecule has 2 unspecified atom stereocenters. The molecule has 2 atom stereocenters. The van der Waals surface area contributed by atoms with Crippen molar-refractivity contribution in [3.8, 4) is 0 Å². The minimum atomic E-state index is -0.227. The topological polar surface area (TPSA) is 52.6 Å². The lowest BCUT2D eigenvalue weighted by Gasteiger charge is -2.17. The second-order valence-corrected chi connectivity index (χ2v) is 5.06. The Hall–Kier alpha value is -0.610. The number of aliphatic hydroxyl groups is 1. The van der Waals surface area contributed by atoms with Crippen LogP contribution in [0.1, 0.15) is 33.6 Å². The third-order valence-corrected chi connectivity index (χ3v) is 3.10. The molecule has 4 heteroatoms. The molecule has 4 nitrogen and oxygen atoms in total. The van der Waals surface area contributed by atoms with Crippen LogP contribution in [0.15, 0.2) is 0 Å². The van der Waals surface area contributed by atoms with Gasteiger partial charge in [0.05, 0.1) is 6.10 Å². The molecule has 16 heavy (non-hydrogen) atoms. The van der Waals surface area contributed by atoms with Crippen LogP contribution in [-0.4, -0.2) is 47.7 Å². The molecule has 0 radical (unpaired) electrons. The number of carbonyl (C=O) groups excluding carboxylic acids is 1. The highest BCUT2D eigenvalue weighted by atomic mass is 16.3. The molecule has 1 fully saturated rings. The van der Waals surface area contributed by atoms with Crippen LogP contribution >= 0.6 is 0 Å². The Kier molecular flexibility index (Phi) is 5.22. The smallest absolute Gasteiger partial charge is 0.221 e. The van der Waals surface area contributed by atoms with Crippen molar-refractivity contribution < 1.29 is 9.90 Å². The first kappa shape index (κ1) is 13.5. The van der Waals surface area contributed by atoms with Gasteiger partial charge in [-0.15, -0.1) is 0 Å². The first-order chi connectivity index (χ1) is 7.49. The van der Waals surface area contributed by atoms with Gasteiger partial charge in [-0.25, -0.2) is 0 Å². The van der Waals surface area contributed by atoms with E-state index in [4.69, 9.17) is 0 Å². The second-order valence-electron chi connectivity index (χ2n) is 5.06. The maximum absolute atomic E-state index is 11.4. The summed E-state index contributed by atoms with van der Waals surface area (Å²) in [4.78, 5) is 13.7. The summed E-state index contributed by atoms with van der Waals surface area (Å²) in [6.07, 6.45) is 1.38. The van der Waals surface area contributed by atoms with Gasteiger partial charge in [-0.3, -0.25) is 4.79 Å². The molecular formula is C12H24N2O2. The van der Waals surface area contributed by atoms with E-state index in [9.17, 15) is 9.90 Å². The maximum Gasteiger partial charge on any atom is 0.221 e. The molecule has 2 N–H and O–H groups in total. The summed E-state index contributed by atoms with van der Waals surface area (Å²) < 4.78 is 0. The lowest BCUT2D eigenvalue weighted by molar-refractivity contribution is -0.121. The van der Waals surface area contributed by atoms with Crippen LogP contribution in [0.2, 0.25) is 0 Å². The molecule has 1 rings (SSSR count). The molecule has 0 aromatic heterocycles. The molecule has 94 valence electrons. The van der Waals surface area contributed by atoms with E-state index in [2.05, 4.69) is 10.2 Å². The first-order valence-corrected chi connectivity index (χ1v) is 6.19. The van der Waals surface area contributed by atoms with Crippen LogP contribution in [0.3, 0.4) is 0 Å². The molecular weight excluding hydrogens is 204 g/mol. The zero-order valence-corrected chi connectivity index (χ0v) is 10.6. The summed E-state index contributed by atoms with van der Waals surface area (Å²) in [6, 6.07) is 0.219. The van der Waals surface area contributed by atoms with Crippen LogP contribution in [0.25, 0.3) is 0 Å². The molecule has 0 bridgehead atoms. The van der Waals surface area contributed by atoms with Crippen LogP contribution < -0.4 is 5.32 Å². The Morgan fingerprint density at radius 1 is 1.50 bits per heavy atom. The minimum Gasteiger partial charge on any atom is -0.393 e. The van der Waals surface area contributed by atoms with Crippen molar-refractivity contribution in [3.05, 3.63) is 0 Å². The number of rotatable bonds is 5. The Morgan fingerprint density at radius 3 is 2.69 bits per heavy atom. The molecule has 1 amide bonds. The molecule has 1 heterocycles. The number of carbonyl (C=O) groups is 1. The Labute approximate surface area is 98.0 Å². The van der Waals surface area contributed by atoms with Gasteiger partial charge in [-0.1, -0.05) is 0 Å². The van der Waals surface area contributed by atoms with Gasteiger partial charge in [0.15, 0.2) is 0 Å². The van der Waals surface area contributed by atoms with Gasteiger partial charge in [-0.2, -0.15) is 0 Å². The van der Waals surface area contributed by atoms with Gasteiger partial charge in [0.25, 0.3) is 0 Å². The van der Waals surface area contributed by atoms with E-state index in [1.165, 1.54) is 0 Å². The van der Waals surface area contributed by atoms with E-state index in [1.807, 2.05) is 20.8 Å². The second kappa shape index (κ2) is 6.21. The summed E-state index contributed by atoms with van der Waals surface area (Å²) in [7, 11) is 0. The number of hydrogen-bond acceptors (Lipinski definition) is 3. The zero-order valence-electron chi connectivity index (χ0n) is 10.6. The van der Waals surface area contributed by atoms with E-state index in [-0.39, 0.29) is 18.1 Å². The van der Waals surface area contributed by atoms with E-state index < -0.39 is 0 Å². The molecule has 0 aromatic carbocycles. The first-order valence-electron chi connectivity index (χ1n) is 6.19. The van der Waals surface area contributed by atoms with E-state index in [0.717, 1.165) is 26.1 Å². The maximum atomic E-state index is 11.4. The number of nitrogens with zero attached hydrogens (tertiary/aromatic N) is 1. The van der Waals surface area contributed by atoms with Crippen LogP contribution in [-0.2, 0) is 4.79 Å². The fraction of sp³-hybridized carbons (Fsp3) is 0.917. The van der Waals surface area contributed by atoms with Gasteiger partial charge in [-0.05, 0) is 39.7 Å². The predicted molar refractivity (Wildman–Crippen MR) is 64.1 cm³/mol. The summed E-state index contributed by atoms with van der Waals surface area (Å²) >= 11 is 0. The highest BCUT2D eigenvalue weighted by Crippen LogP contribution is 2.19. The average Bonchev–Trinajstić information content (AvgIpc) is 2.61. The molecule has 0 aromatic rings. The third-order valence-electron chi connectivity index (χ3n) is 3.10. The van der Waals surface area contributed by atoms with Crippen molar-refractivity contribution in [1.29, 1.82) is 0 Å². The number of nitrogens with one attached hydrogen (secondary N) is 1.